The molecule has 1 amide bonds. The average molecular weight is 330 g/mol. The van der Waals surface area contributed by atoms with Crippen LogP contribution >= 0.6 is 38.6 Å². The van der Waals surface area contributed by atoms with Crippen LogP contribution in [0.1, 0.15) is 20.1 Å². The van der Waals surface area contributed by atoms with Crippen molar-refractivity contribution in [3.8, 4) is 0 Å². The van der Waals surface area contributed by atoms with Gasteiger partial charge >= 0.3 is 0 Å². The summed E-state index contributed by atoms with van der Waals surface area (Å²) in [5, 5.41) is 2.06. The van der Waals surface area contributed by atoms with Gasteiger partial charge in [0, 0.05) is 11.9 Å². The molecule has 0 aliphatic carbocycles. The van der Waals surface area contributed by atoms with Crippen molar-refractivity contribution >= 4 is 44.5 Å². The molecule has 17 heavy (non-hydrogen) atoms. The summed E-state index contributed by atoms with van der Waals surface area (Å²) in [4.78, 5) is 15.9. The molecule has 0 saturated carbocycles. The molecule has 5 heteroatoms. The monoisotopic (exact) mass is 329 g/mol. The number of aryl methyl sites for hydroxylation is 1. The fourth-order valence-electron chi connectivity index (χ4n) is 1.47. The molecule has 0 aromatic carbocycles. The van der Waals surface area contributed by atoms with Gasteiger partial charge in [0.05, 0.1) is 15.2 Å². The number of carbonyl (C=O) groups excluding carboxylic acids is 1. The zero-order valence-corrected chi connectivity index (χ0v) is 12.8. The highest BCUT2D eigenvalue weighted by Crippen LogP contribution is 2.24. The van der Waals surface area contributed by atoms with Crippen molar-refractivity contribution in [1.82, 2.24) is 4.90 Å². The molecular formula is C12H12BrNOS2. The molecule has 2 aromatic heterocycles. The maximum atomic E-state index is 12.1. The van der Waals surface area contributed by atoms with Gasteiger partial charge in [-0.2, -0.15) is 0 Å². The predicted octanol–water partition coefficient (Wildman–Crippen LogP) is 4.15. The Hall–Kier alpha value is -0.650. The second kappa shape index (κ2) is 5.33. The molecule has 0 bridgehead atoms. The lowest BCUT2D eigenvalue weighted by Gasteiger charge is -2.15. The van der Waals surface area contributed by atoms with Crippen LogP contribution in [-0.4, -0.2) is 17.9 Å². The number of hydrogen-bond acceptors (Lipinski definition) is 3. The lowest BCUT2D eigenvalue weighted by atomic mass is 10.3. The van der Waals surface area contributed by atoms with Crippen molar-refractivity contribution < 1.29 is 4.79 Å². The minimum Gasteiger partial charge on any atom is -0.336 e. The summed E-state index contributed by atoms with van der Waals surface area (Å²) in [6, 6.07) is 5.84. The van der Waals surface area contributed by atoms with Crippen molar-refractivity contribution in [1.29, 1.82) is 0 Å². The Morgan fingerprint density at radius 1 is 1.41 bits per heavy atom. The molecule has 0 saturated heterocycles. The largest absolute Gasteiger partial charge is 0.336 e. The van der Waals surface area contributed by atoms with Gasteiger partial charge in [-0.05, 0) is 52.0 Å². The van der Waals surface area contributed by atoms with Gasteiger partial charge in [-0.3, -0.25) is 4.79 Å². The number of thiophene rings is 2. The van der Waals surface area contributed by atoms with E-state index in [1.54, 1.807) is 16.2 Å². The molecule has 2 aromatic rings. The third kappa shape index (κ3) is 2.97. The molecule has 2 rings (SSSR count). The van der Waals surface area contributed by atoms with Gasteiger partial charge < -0.3 is 4.90 Å². The fourth-order valence-corrected chi connectivity index (χ4v) is 3.81. The Kier molecular flexibility index (Phi) is 4.01. The molecule has 0 unspecified atom stereocenters. The highest BCUT2D eigenvalue weighted by molar-refractivity contribution is 9.11. The first-order valence-corrected chi connectivity index (χ1v) is 7.60. The summed E-state index contributed by atoms with van der Waals surface area (Å²) in [6.45, 7) is 2.75. The molecule has 2 heterocycles. The highest BCUT2D eigenvalue weighted by Gasteiger charge is 2.15. The number of nitrogens with zero attached hydrogens (tertiary/aromatic N) is 1. The molecule has 90 valence electrons. The van der Waals surface area contributed by atoms with Crippen LogP contribution in [0.2, 0.25) is 0 Å². The van der Waals surface area contributed by atoms with E-state index in [0.29, 0.717) is 6.54 Å². The molecule has 0 radical (unpaired) electrons. The maximum absolute atomic E-state index is 12.1. The lowest BCUT2D eigenvalue weighted by molar-refractivity contribution is 0.0791. The molecule has 0 atom stereocenters. The molecule has 0 aliphatic heterocycles. The first kappa shape index (κ1) is 12.8. The Labute approximate surface area is 117 Å². The summed E-state index contributed by atoms with van der Waals surface area (Å²) < 4.78 is 0.988. The van der Waals surface area contributed by atoms with Gasteiger partial charge in [0.25, 0.3) is 5.91 Å². The van der Waals surface area contributed by atoms with Gasteiger partial charge in [-0.15, -0.1) is 22.7 Å². The Bertz CT molecular complexity index is 532. The second-order valence-electron chi connectivity index (χ2n) is 3.79. The SMILES string of the molecule is Cc1ccsc1CN(C)C(=O)c1ccc(Br)s1. The topological polar surface area (TPSA) is 20.3 Å². The molecular weight excluding hydrogens is 318 g/mol. The van der Waals surface area contributed by atoms with E-state index in [2.05, 4.69) is 34.3 Å². The quantitative estimate of drug-likeness (QED) is 0.828. The molecule has 0 N–H and O–H groups in total. The van der Waals surface area contributed by atoms with Crippen LogP contribution in [0.4, 0.5) is 0 Å². The van der Waals surface area contributed by atoms with E-state index in [4.69, 9.17) is 0 Å². The van der Waals surface area contributed by atoms with Crippen molar-refractivity contribution in [2.45, 2.75) is 13.5 Å². The summed E-state index contributed by atoms with van der Waals surface area (Å²) in [7, 11) is 1.84. The van der Waals surface area contributed by atoms with E-state index in [0.717, 1.165) is 8.66 Å². The Morgan fingerprint density at radius 3 is 2.71 bits per heavy atom. The van der Waals surface area contributed by atoms with Gasteiger partial charge in [0.2, 0.25) is 0 Å². The minimum absolute atomic E-state index is 0.0773. The van der Waals surface area contributed by atoms with Gasteiger partial charge in [0.15, 0.2) is 0 Å². The minimum atomic E-state index is 0.0773. The second-order valence-corrected chi connectivity index (χ2v) is 7.26. The van der Waals surface area contributed by atoms with Gasteiger partial charge in [0.1, 0.15) is 0 Å². The molecule has 0 fully saturated rings. The average Bonchev–Trinajstić information content (AvgIpc) is 2.88. The van der Waals surface area contributed by atoms with Crippen LogP contribution in [0.5, 0.6) is 0 Å². The van der Waals surface area contributed by atoms with E-state index < -0.39 is 0 Å². The summed E-state index contributed by atoms with van der Waals surface area (Å²) in [6.07, 6.45) is 0. The first-order valence-electron chi connectivity index (χ1n) is 5.11. The van der Waals surface area contributed by atoms with Gasteiger partial charge in [-0.1, -0.05) is 0 Å². The van der Waals surface area contributed by atoms with E-state index in [9.17, 15) is 4.79 Å². The van der Waals surface area contributed by atoms with Crippen LogP contribution in [0.25, 0.3) is 0 Å². The zero-order valence-electron chi connectivity index (χ0n) is 9.57. The number of halogens is 1. The van der Waals surface area contributed by atoms with Crippen molar-refractivity contribution in [3.63, 3.8) is 0 Å². The molecule has 0 aliphatic rings. The highest BCUT2D eigenvalue weighted by atomic mass is 79.9. The van der Waals surface area contributed by atoms with Crippen LogP contribution in [0.15, 0.2) is 27.4 Å². The van der Waals surface area contributed by atoms with E-state index >= 15 is 0 Å². The summed E-state index contributed by atoms with van der Waals surface area (Å²) >= 11 is 6.54. The van der Waals surface area contributed by atoms with Crippen LogP contribution in [0, 0.1) is 6.92 Å². The van der Waals surface area contributed by atoms with Crippen LogP contribution < -0.4 is 0 Å². The predicted molar refractivity (Wildman–Crippen MR) is 76.9 cm³/mol. The number of hydrogen-bond donors (Lipinski definition) is 0. The smallest absolute Gasteiger partial charge is 0.264 e. The Morgan fingerprint density at radius 2 is 2.18 bits per heavy atom. The summed E-state index contributed by atoms with van der Waals surface area (Å²) in [5.41, 5.74) is 1.25. The van der Waals surface area contributed by atoms with Crippen LogP contribution in [-0.2, 0) is 6.54 Å². The van der Waals surface area contributed by atoms with Crippen molar-refractivity contribution in [2.24, 2.45) is 0 Å². The van der Waals surface area contributed by atoms with Crippen molar-refractivity contribution in [2.75, 3.05) is 7.05 Å². The third-order valence-corrected chi connectivity index (χ3v) is 5.10. The van der Waals surface area contributed by atoms with Crippen LogP contribution in [0.3, 0.4) is 0 Å². The molecule has 2 nitrogen and oxygen atoms in total. The first-order chi connectivity index (χ1) is 8.08. The third-order valence-electron chi connectivity index (χ3n) is 2.48. The van der Waals surface area contributed by atoms with E-state index in [-0.39, 0.29) is 5.91 Å². The normalized spacial score (nSPS) is 10.5. The van der Waals surface area contributed by atoms with Gasteiger partial charge in [-0.25, -0.2) is 0 Å². The van der Waals surface area contributed by atoms with E-state index in [1.807, 2.05) is 19.2 Å². The number of carbonyl (C=O) groups is 1. The maximum Gasteiger partial charge on any atom is 0.264 e. The lowest BCUT2D eigenvalue weighted by Crippen LogP contribution is -2.25. The number of amides is 1. The van der Waals surface area contributed by atoms with Crippen molar-refractivity contribution in [3.05, 3.63) is 42.7 Å². The molecule has 0 spiro atoms. The standard InChI is InChI=1S/C12H12BrNOS2/c1-8-5-6-16-10(8)7-14(2)12(15)9-3-4-11(13)17-9/h3-6H,7H2,1-2H3. The fraction of sp³-hybridized carbons (Fsp3) is 0.250. The Balaban J connectivity index is 2.08. The summed E-state index contributed by atoms with van der Waals surface area (Å²) in [5.74, 6) is 0.0773. The van der Waals surface area contributed by atoms with E-state index in [1.165, 1.54) is 21.8 Å². The number of rotatable bonds is 3. The zero-order chi connectivity index (χ0) is 12.4.